The van der Waals surface area contributed by atoms with Crippen molar-refractivity contribution in [3.8, 4) is 0 Å². The number of unbranched alkanes of at least 4 members (excludes halogenated alkanes) is 12. The van der Waals surface area contributed by atoms with E-state index in [1.165, 1.54) is 64.2 Å². The second-order valence-corrected chi connectivity index (χ2v) is 7.42. The van der Waals surface area contributed by atoms with E-state index in [9.17, 15) is 9.59 Å². The van der Waals surface area contributed by atoms with Gasteiger partial charge in [-0.25, -0.2) is 0 Å². The number of aliphatic carboxylic acids is 2. The standard InChI is InChI=1S/2C10H20O2.C4H4N2/c2*1-2-3-4-5-6-7-8-9-10(11)12;1-2-6-4-3-5-1/h2*2-9H2,1H3,(H,11,12);1-4H. The van der Waals surface area contributed by atoms with Crippen molar-refractivity contribution in [3.63, 3.8) is 0 Å². The normalized spacial score (nSPS) is 9.67. The van der Waals surface area contributed by atoms with Crippen LogP contribution in [0.1, 0.15) is 117 Å². The fraction of sp³-hybridized carbons (Fsp3) is 0.750. The lowest BCUT2D eigenvalue weighted by molar-refractivity contribution is -0.138. The highest BCUT2D eigenvalue weighted by Gasteiger charge is 1.96. The Bertz CT molecular complexity index is 415. The van der Waals surface area contributed by atoms with Crippen molar-refractivity contribution in [3.05, 3.63) is 24.8 Å². The molecule has 1 heterocycles. The van der Waals surface area contributed by atoms with E-state index in [0.29, 0.717) is 12.8 Å². The first kappa shape index (κ1) is 30.2. The lowest BCUT2D eigenvalue weighted by Crippen LogP contribution is -1.93. The molecular weight excluding hydrogens is 380 g/mol. The minimum Gasteiger partial charge on any atom is -0.481 e. The quantitative estimate of drug-likeness (QED) is 0.280. The fourth-order valence-corrected chi connectivity index (χ4v) is 2.72. The van der Waals surface area contributed by atoms with Gasteiger partial charge in [0.05, 0.1) is 0 Å². The first-order valence-electron chi connectivity index (χ1n) is 11.7. The zero-order valence-corrected chi connectivity index (χ0v) is 19.2. The van der Waals surface area contributed by atoms with Gasteiger partial charge in [0.15, 0.2) is 0 Å². The van der Waals surface area contributed by atoms with Crippen LogP contribution in [-0.2, 0) is 9.59 Å². The molecule has 6 nitrogen and oxygen atoms in total. The first-order chi connectivity index (χ1) is 14.5. The maximum absolute atomic E-state index is 10.1. The van der Waals surface area contributed by atoms with E-state index in [2.05, 4.69) is 23.8 Å². The second kappa shape index (κ2) is 27.0. The highest BCUT2D eigenvalue weighted by Crippen LogP contribution is 2.08. The number of hydrogen-bond acceptors (Lipinski definition) is 4. The Hall–Kier alpha value is -1.98. The van der Waals surface area contributed by atoms with E-state index in [1.807, 2.05) is 0 Å². The second-order valence-electron chi connectivity index (χ2n) is 7.42. The minimum absolute atomic E-state index is 0.341. The molecule has 2 N–H and O–H groups in total. The van der Waals surface area contributed by atoms with Crippen molar-refractivity contribution in [1.82, 2.24) is 9.97 Å². The van der Waals surface area contributed by atoms with Gasteiger partial charge in [-0.05, 0) is 12.8 Å². The zero-order valence-electron chi connectivity index (χ0n) is 19.2. The van der Waals surface area contributed by atoms with Gasteiger partial charge in [0.1, 0.15) is 0 Å². The van der Waals surface area contributed by atoms with Crippen LogP contribution in [0.4, 0.5) is 0 Å². The molecule has 0 radical (unpaired) electrons. The topological polar surface area (TPSA) is 100 Å². The Labute approximate surface area is 183 Å². The number of nitrogens with zero attached hydrogens (tertiary/aromatic N) is 2. The zero-order chi connectivity index (χ0) is 22.7. The Balaban J connectivity index is 0. The van der Waals surface area contributed by atoms with Crippen molar-refractivity contribution in [2.75, 3.05) is 0 Å². The van der Waals surface area contributed by atoms with Crippen molar-refractivity contribution >= 4 is 11.9 Å². The van der Waals surface area contributed by atoms with Crippen LogP contribution in [0.15, 0.2) is 24.8 Å². The summed E-state index contributed by atoms with van der Waals surface area (Å²) in [6, 6.07) is 0. The third-order valence-corrected chi connectivity index (χ3v) is 4.47. The summed E-state index contributed by atoms with van der Waals surface area (Å²) in [4.78, 5) is 27.7. The fourth-order valence-electron chi connectivity index (χ4n) is 2.72. The molecule has 1 aromatic rings. The minimum atomic E-state index is -0.663. The molecule has 1 aromatic heterocycles. The van der Waals surface area contributed by atoms with Crippen LogP contribution in [0.5, 0.6) is 0 Å². The van der Waals surface area contributed by atoms with Crippen LogP contribution in [0, 0.1) is 0 Å². The van der Waals surface area contributed by atoms with E-state index < -0.39 is 11.9 Å². The van der Waals surface area contributed by atoms with E-state index in [4.69, 9.17) is 10.2 Å². The SMILES string of the molecule is CCCCCCCCCC(=O)O.CCCCCCCCCC(=O)O.c1cnccn1. The molecule has 0 saturated heterocycles. The summed E-state index contributed by atoms with van der Waals surface area (Å²) in [7, 11) is 0. The van der Waals surface area contributed by atoms with Gasteiger partial charge in [0.2, 0.25) is 0 Å². The maximum Gasteiger partial charge on any atom is 0.303 e. The molecule has 0 aromatic carbocycles. The molecule has 0 spiro atoms. The van der Waals surface area contributed by atoms with Gasteiger partial charge < -0.3 is 10.2 Å². The van der Waals surface area contributed by atoms with Crippen LogP contribution in [-0.4, -0.2) is 32.1 Å². The summed E-state index contributed by atoms with van der Waals surface area (Å²) >= 11 is 0. The van der Waals surface area contributed by atoms with Crippen LogP contribution in [0.25, 0.3) is 0 Å². The van der Waals surface area contributed by atoms with Gasteiger partial charge in [-0.2, -0.15) is 0 Å². The van der Waals surface area contributed by atoms with Crippen molar-refractivity contribution in [1.29, 1.82) is 0 Å². The Kier molecular flexibility index (Phi) is 27.2. The van der Waals surface area contributed by atoms with Crippen molar-refractivity contribution in [2.45, 2.75) is 117 Å². The molecule has 0 atom stereocenters. The number of hydrogen-bond donors (Lipinski definition) is 2. The molecule has 0 saturated carbocycles. The van der Waals surface area contributed by atoms with Crippen LogP contribution >= 0.6 is 0 Å². The summed E-state index contributed by atoms with van der Waals surface area (Å²) in [6.45, 7) is 4.40. The van der Waals surface area contributed by atoms with Crippen LogP contribution < -0.4 is 0 Å². The molecule has 0 aliphatic heterocycles. The average molecular weight is 425 g/mol. The van der Waals surface area contributed by atoms with Crippen LogP contribution in [0.3, 0.4) is 0 Å². The van der Waals surface area contributed by atoms with Gasteiger partial charge in [-0.15, -0.1) is 0 Å². The molecule has 174 valence electrons. The molecule has 0 fully saturated rings. The maximum atomic E-state index is 10.1. The molecule has 0 aliphatic carbocycles. The molecule has 0 unspecified atom stereocenters. The molecule has 0 amide bonds. The third-order valence-electron chi connectivity index (χ3n) is 4.47. The molecular formula is C24H44N2O4. The van der Waals surface area contributed by atoms with E-state index in [-0.39, 0.29) is 0 Å². The predicted molar refractivity (Wildman–Crippen MR) is 123 cm³/mol. The number of carboxylic acids is 2. The number of rotatable bonds is 16. The van der Waals surface area contributed by atoms with Gasteiger partial charge in [-0.1, -0.05) is 90.9 Å². The molecule has 0 aliphatic rings. The summed E-state index contributed by atoms with van der Waals surface area (Å²) in [5.74, 6) is -1.33. The number of carbonyl (C=O) groups is 2. The predicted octanol–water partition coefficient (Wildman–Crippen LogP) is 6.90. The van der Waals surface area contributed by atoms with Crippen LogP contribution in [0.2, 0.25) is 0 Å². The summed E-state index contributed by atoms with van der Waals surface area (Å²) < 4.78 is 0. The van der Waals surface area contributed by atoms with E-state index in [1.54, 1.807) is 24.8 Å². The van der Waals surface area contributed by atoms with Gasteiger partial charge in [0, 0.05) is 37.6 Å². The molecule has 1 rings (SSSR count). The monoisotopic (exact) mass is 424 g/mol. The molecule has 30 heavy (non-hydrogen) atoms. The van der Waals surface area contributed by atoms with Gasteiger partial charge in [-0.3, -0.25) is 19.6 Å². The van der Waals surface area contributed by atoms with E-state index >= 15 is 0 Å². The Morgan fingerprint density at radius 3 is 1.03 bits per heavy atom. The first-order valence-corrected chi connectivity index (χ1v) is 11.7. The largest absolute Gasteiger partial charge is 0.481 e. The van der Waals surface area contributed by atoms with Crippen molar-refractivity contribution in [2.24, 2.45) is 0 Å². The molecule has 6 heteroatoms. The molecule has 0 bridgehead atoms. The number of aromatic nitrogens is 2. The van der Waals surface area contributed by atoms with Crippen molar-refractivity contribution < 1.29 is 19.8 Å². The van der Waals surface area contributed by atoms with Gasteiger partial charge >= 0.3 is 11.9 Å². The Morgan fingerprint density at radius 2 is 0.800 bits per heavy atom. The highest BCUT2D eigenvalue weighted by atomic mass is 16.4. The lowest BCUT2D eigenvalue weighted by atomic mass is 10.1. The Morgan fingerprint density at radius 1 is 0.533 bits per heavy atom. The third kappa shape index (κ3) is 33.6. The lowest BCUT2D eigenvalue weighted by Gasteiger charge is -1.98. The summed E-state index contributed by atoms with van der Waals surface area (Å²) in [5.41, 5.74) is 0. The summed E-state index contributed by atoms with van der Waals surface area (Å²) in [6.07, 6.45) is 23.8. The summed E-state index contributed by atoms with van der Waals surface area (Å²) in [5, 5.41) is 16.7. The van der Waals surface area contributed by atoms with Gasteiger partial charge in [0.25, 0.3) is 0 Å². The average Bonchev–Trinajstić information content (AvgIpc) is 2.74. The smallest absolute Gasteiger partial charge is 0.303 e. The highest BCUT2D eigenvalue weighted by molar-refractivity contribution is 5.66. The number of carboxylic acid groups (broad SMARTS) is 2. The van der Waals surface area contributed by atoms with E-state index in [0.717, 1.165) is 25.7 Å².